The van der Waals surface area contributed by atoms with Crippen LogP contribution in [0.15, 0.2) is 11.9 Å². The van der Waals surface area contributed by atoms with Crippen molar-refractivity contribution in [2.24, 2.45) is 0 Å². The molecule has 0 amide bonds. The Balaban J connectivity index is 3.33. The number of ether oxygens (including phenoxy) is 1. The number of hydrogen-bond acceptors (Lipinski definition) is 2. The summed E-state index contributed by atoms with van der Waals surface area (Å²) in [5, 5.41) is 0. The van der Waals surface area contributed by atoms with E-state index in [9.17, 15) is 9.18 Å². The molecule has 112 valence electrons. The van der Waals surface area contributed by atoms with Gasteiger partial charge in [0, 0.05) is 0 Å². The van der Waals surface area contributed by atoms with Crippen LogP contribution in [0.5, 0.6) is 0 Å². The lowest BCUT2D eigenvalue weighted by Crippen LogP contribution is -2.04. The van der Waals surface area contributed by atoms with Crippen molar-refractivity contribution >= 4 is 5.97 Å². The minimum atomic E-state index is -0.543. The van der Waals surface area contributed by atoms with E-state index in [4.69, 9.17) is 0 Å². The molecule has 0 radical (unpaired) electrons. The fraction of sp³-hybridized carbons (Fsp3) is 0.812. The topological polar surface area (TPSA) is 26.3 Å². The summed E-state index contributed by atoms with van der Waals surface area (Å²) in [5.41, 5.74) is 0.155. The van der Waals surface area contributed by atoms with Gasteiger partial charge >= 0.3 is 5.97 Å². The Bertz CT molecular complexity index is 249. The lowest BCUT2D eigenvalue weighted by molar-refractivity contribution is -0.136. The average Bonchev–Trinajstić information content (AvgIpc) is 2.44. The molecule has 3 heteroatoms. The molecule has 0 aromatic heterocycles. The number of halogens is 1. The van der Waals surface area contributed by atoms with Gasteiger partial charge < -0.3 is 4.74 Å². The number of unbranched alkanes of at least 4 members (excludes halogenated alkanes) is 9. The van der Waals surface area contributed by atoms with Gasteiger partial charge in [-0.2, -0.15) is 0 Å². The predicted molar refractivity (Wildman–Crippen MR) is 77.7 cm³/mol. The van der Waals surface area contributed by atoms with Crippen LogP contribution < -0.4 is 0 Å². The first-order valence-electron chi connectivity index (χ1n) is 7.63. The van der Waals surface area contributed by atoms with E-state index in [1.54, 1.807) is 0 Å². The molecule has 0 aliphatic heterocycles. The maximum Gasteiger partial charge on any atom is 0.336 e. The van der Waals surface area contributed by atoms with Crippen LogP contribution in [0.25, 0.3) is 0 Å². The van der Waals surface area contributed by atoms with Crippen LogP contribution in [0.3, 0.4) is 0 Å². The molecule has 0 spiro atoms. The summed E-state index contributed by atoms with van der Waals surface area (Å²) in [6, 6.07) is 0. The minimum Gasteiger partial charge on any atom is -0.466 e. The van der Waals surface area contributed by atoms with E-state index in [1.807, 2.05) is 0 Å². The number of esters is 1. The van der Waals surface area contributed by atoms with Crippen LogP contribution >= 0.6 is 0 Å². The average molecular weight is 272 g/mol. The van der Waals surface area contributed by atoms with Gasteiger partial charge in [-0.05, 0) is 12.8 Å². The van der Waals surface area contributed by atoms with Crippen molar-refractivity contribution in [2.75, 3.05) is 7.11 Å². The smallest absolute Gasteiger partial charge is 0.336 e. The van der Waals surface area contributed by atoms with Gasteiger partial charge in [-0.25, -0.2) is 9.18 Å². The van der Waals surface area contributed by atoms with E-state index < -0.39 is 5.97 Å². The first-order valence-corrected chi connectivity index (χ1v) is 7.63. The van der Waals surface area contributed by atoms with Crippen molar-refractivity contribution in [3.8, 4) is 0 Å². The first-order chi connectivity index (χ1) is 9.26. The molecular formula is C16H29FO2. The van der Waals surface area contributed by atoms with Crippen LogP contribution in [0.2, 0.25) is 0 Å². The predicted octanol–water partition coefficient (Wildman–Crippen LogP) is 5.32. The Morgan fingerprint density at radius 1 is 0.947 bits per heavy atom. The van der Waals surface area contributed by atoms with Crippen LogP contribution in [-0.4, -0.2) is 13.1 Å². The van der Waals surface area contributed by atoms with Crippen molar-refractivity contribution in [1.82, 2.24) is 0 Å². The summed E-state index contributed by atoms with van der Waals surface area (Å²) in [6.45, 7) is 2.23. The molecular weight excluding hydrogens is 243 g/mol. The highest BCUT2D eigenvalue weighted by Gasteiger charge is 2.08. The number of carbonyl (C=O) groups is 1. The van der Waals surface area contributed by atoms with Gasteiger partial charge in [-0.15, -0.1) is 0 Å². The number of rotatable bonds is 12. The molecule has 0 aliphatic carbocycles. The second-order valence-corrected chi connectivity index (χ2v) is 5.06. The van der Waals surface area contributed by atoms with E-state index in [0.29, 0.717) is 12.8 Å². The molecule has 0 fully saturated rings. The van der Waals surface area contributed by atoms with Crippen LogP contribution in [0.1, 0.15) is 77.6 Å². The van der Waals surface area contributed by atoms with Gasteiger partial charge in [-0.1, -0.05) is 64.7 Å². The van der Waals surface area contributed by atoms with Gasteiger partial charge in [0.1, 0.15) is 0 Å². The maximum absolute atomic E-state index is 12.4. The van der Waals surface area contributed by atoms with Crippen molar-refractivity contribution in [3.05, 3.63) is 11.9 Å². The van der Waals surface area contributed by atoms with E-state index in [2.05, 4.69) is 11.7 Å². The lowest BCUT2D eigenvalue weighted by Gasteiger charge is -2.04. The SMILES string of the molecule is CCCCCCCCCCCCC(=CF)C(=O)OC. The van der Waals surface area contributed by atoms with Gasteiger partial charge in [-0.3, -0.25) is 0 Å². The standard InChI is InChI=1S/C16H29FO2/c1-3-4-5-6-7-8-9-10-11-12-13-15(14-17)16(18)19-2/h14H,3-13H2,1-2H3. The fourth-order valence-electron chi connectivity index (χ4n) is 2.14. The molecule has 0 saturated carbocycles. The van der Waals surface area contributed by atoms with Gasteiger partial charge in [0.15, 0.2) is 0 Å². The molecule has 0 bridgehead atoms. The summed E-state index contributed by atoms with van der Waals surface area (Å²) >= 11 is 0. The Morgan fingerprint density at radius 2 is 1.42 bits per heavy atom. The quantitative estimate of drug-likeness (QED) is 0.273. The summed E-state index contributed by atoms with van der Waals surface area (Å²) in [4.78, 5) is 11.1. The van der Waals surface area contributed by atoms with Crippen LogP contribution in [0.4, 0.5) is 4.39 Å². The first kappa shape index (κ1) is 18.1. The van der Waals surface area contributed by atoms with E-state index in [0.717, 1.165) is 12.8 Å². The number of carbonyl (C=O) groups excluding carboxylic acids is 1. The molecule has 0 unspecified atom stereocenters. The Hall–Kier alpha value is -0.860. The Kier molecular flexibility index (Phi) is 13.0. The molecule has 0 saturated heterocycles. The van der Waals surface area contributed by atoms with Crippen molar-refractivity contribution in [3.63, 3.8) is 0 Å². The normalized spacial score (nSPS) is 11.6. The van der Waals surface area contributed by atoms with Gasteiger partial charge in [0.2, 0.25) is 0 Å². The molecule has 19 heavy (non-hydrogen) atoms. The molecule has 2 nitrogen and oxygen atoms in total. The summed E-state index contributed by atoms with van der Waals surface area (Å²) in [7, 11) is 1.28. The molecule has 0 rings (SSSR count). The van der Waals surface area contributed by atoms with Gasteiger partial charge in [0.05, 0.1) is 19.0 Å². The molecule has 0 aromatic carbocycles. The molecule has 0 aromatic rings. The number of methoxy groups -OCH3 is 1. The monoisotopic (exact) mass is 272 g/mol. The Labute approximate surface area is 117 Å². The summed E-state index contributed by atoms with van der Waals surface area (Å²) < 4.78 is 16.9. The second-order valence-electron chi connectivity index (χ2n) is 5.06. The largest absolute Gasteiger partial charge is 0.466 e. The maximum atomic E-state index is 12.4. The zero-order valence-corrected chi connectivity index (χ0v) is 12.5. The van der Waals surface area contributed by atoms with Crippen LogP contribution in [0, 0.1) is 0 Å². The summed E-state index contributed by atoms with van der Waals surface area (Å²) in [6.07, 6.45) is 13.2. The third kappa shape index (κ3) is 10.7. The zero-order valence-electron chi connectivity index (χ0n) is 12.5. The third-order valence-corrected chi connectivity index (χ3v) is 3.38. The zero-order chi connectivity index (χ0) is 14.3. The highest BCUT2D eigenvalue weighted by atomic mass is 19.1. The highest BCUT2D eigenvalue weighted by molar-refractivity contribution is 5.87. The van der Waals surface area contributed by atoms with Gasteiger partial charge in [0.25, 0.3) is 0 Å². The van der Waals surface area contributed by atoms with E-state index >= 15 is 0 Å². The Morgan fingerprint density at radius 3 is 1.84 bits per heavy atom. The fourth-order valence-corrected chi connectivity index (χ4v) is 2.14. The van der Waals surface area contributed by atoms with Crippen molar-refractivity contribution in [2.45, 2.75) is 77.6 Å². The molecule has 0 atom stereocenters. The molecule has 0 aliphatic rings. The van der Waals surface area contributed by atoms with Crippen LogP contribution in [-0.2, 0) is 9.53 Å². The molecule has 0 heterocycles. The lowest BCUT2D eigenvalue weighted by atomic mass is 10.0. The van der Waals surface area contributed by atoms with E-state index in [-0.39, 0.29) is 5.57 Å². The highest BCUT2D eigenvalue weighted by Crippen LogP contribution is 2.14. The molecule has 0 N–H and O–H groups in total. The minimum absolute atomic E-state index is 0.155. The van der Waals surface area contributed by atoms with Crippen molar-refractivity contribution < 1.29 is 13.9 Å². The summed E-state index contributed by atoms with van der Waals surface area (Å²) in [5.74, 6) is -0.543. The second kappa shape index (κ2) is 13.6. The van der Waals surface area contributed by atoms with E-state index in [1.165, 1.54) is 58.5 Å². The third-order valence-electron chi connectivity index (χ3n) is 3.38. The van der Waals surface area contributed by atoms with Crippen molar-refractivity contribution in [1.29, 1.82) is 0 Å². The number of hydrogen-bond donors (Lipinski definition) is 0.